The topological polar surface area (TPSA) is 95.5 Å². The molecule has 1 fully saturated rings. The third-order valence-electron chi connectivity index (χ3n) is 5.71. The maximum absolute atomic E-state index is 6.08. The SMILES string of the molecule is Cl.Clc1cccc(CCc2nccc(-c3[nH]nc4nc(NCCN5CCCC5)ncc34)n2)c1. The smallest absolute Gasteiger partial charge is 0.224 e. The molecule has 4 aromatic rings. The Labute approximate surface area is 203 Å². The van der Waals surface area contributed by atoms with Crippen molar-refractivity contribution in [3.05, 3.63) is 59.1 Å². The van der Waals surface area contributed by atoms with E-state index in [1.54, 1.807) is 12.4 Å². The van der Waals surface area contributed by atoms with Crippen LogP contribution in [0.1, 0.15) is 24.2 Å². The monoisotopic (exact) mass is 484 g/mol. The fourth-order valence-electron chi connectivity index (χ4n) is 4.02. The predicted octanol–water partition coefficient (Wildman–Crippen LogP) is 4.18. The minimum Gasteiger partial charge on any atom is -0.353 e. The standard InChI is InChI=1S/C23H25ClN8.ClH/c24-17-5-3-4-16(14-17)6-7-20-25-9-8-19(28-20)21-18-15-27-23(29-22(18)31-30-21)26-10-13-32-11-1-2-12-32;/h3-5,8-9,14-15H,1-2,6-7,10-13H2,(H2,26,27,29,30,31);1H. The van der Waals surface area contributed by atoms with Crippen molar-refractivity contribution in [1.82, 2.24) is 35.0 Å². The van der Waals surface area contributed by atoms with Gasteiger partial charge in [-0.2, -0.15) is 10.1 Å². The van der Waals surface area contributed by atoms with Crippen molar-refractivity contribution in [2.24, 2.45) is 0 Å². The quantitative estimate of drug-likeness (QED) is 0.387. The number of anilines is 1. The number of hydrogen-bond donors (Lipinski definition) is 2. The molecule has 172 valence electrons. The van der Waals surface area contributed by atoms with E-state index in [1.807, 2.05) is 24.3 Å². The number of nitrogens with zero attached hydrogens (tertiary/aromatic N) is 6. The van der Waals surface area contributed by atoms with Gasteiger partial charge >= 0.3 is 0 Å². The molecule has 0 spiro atoms. The second-order valence-corrected chi connectivity index (χ2v) is 8.43. The highest BCUT2D eigenvalue weighted by molar-refractivity contribution is 6.30. The average Bonchev–Trinajstić information content (AvgIpc) is 3.48. The van der Waals surface area contributed by atoms with Crippen LogP contribution in [0, 0.1) is 0 Å². The van der Waals surface area contributed by atoms with Crippen molar-refractivity contribution >= 4 is 41.0 Å². The normalized spacial score (nSPS) is 13.8. The first kappa shape index (κ1) is 23.4. The van der Waals surface area contributed by atoms with Gasteiger partial charge in [0.25, 0.3) is 0 Å². The number of rotatable bonds is 8. The van der Waals surface area contributed by atoms with Gasteiger partial charge in [0.2, 0.25) is 5.95 Å². The molecule has 0 radical (unpaired) electrons. The van der Waals surface area contributed by atoms with Crippen LogP contribution in [-0.4, -0.2) is 61.2 Å². The van der Waals surface area contributed by atoms with Crippen LogP contribution in [0.25, 0.3) is 22.4 Å². The second-order valence-electron chi connectivity index (χ2n) is 7.99. The molecule has 4 heterocycles. The molecule has 0 unspecified atom stereocenters. The number of halogens is 2. The highest BCUT2D eigenvalue weighted by Gasteiger charge is 2.14. The summed E-state index contributed by atoms with van der Waals surface area (Å²) in [6.45, 7) is 4.20. The molecular weight excluding hydrogens is 459 g/mol. The van der Waals surface area contributed by atoms with Crippen LogP contribution in [0.3, 0.4) is 0 Å². The van der Waals surface area contributed by atoms with E-state index in [1.165, 1.54) is 25.9 Å². The zero-order valence-electron chi connectivity index (χ0n) is 18.2. The van der Waals surface area contributed by atoms with Crippen LogP contribution in [0.15, 0.2) is 42.7 Å². The molecule has 1 saturated heterocycles. The van der Waals surface area contributed by atoms with Gasteiger partial charge in [-0.3, -0.25) is 5.10 Å². The number of H-pyrrole nitrogens is 1. The summed E-state index contributed by atoms with van der Waals surface area (Å²) in [7, 11) is 0. The van der Waals surface area contributed by atoms with Gasteiger partial charge in [-0.25, -0.2) is 15.0 Å². The van der Waals surface area contributed by atoms with Crippen LogP contribution < -0.4 is 5.32 Å². The van der Waals surface area contributed by atoms with E-state index in [4.69, 9.17) is 16.6 Å². The van der Waals surface area contributed by atoms with Crippen molar-refractivity contribution < 1.29 is 0 Å². The third-order valence-corrected chi connectivity index (χ3v) is 5.94. The zero-order chi connectivity index (χ0) is 21.8. The molecule has 3 aromatic heterocycles. The Hall–Kier alpha value is -2.81. The van der Waals surface area contributed by atoms with Gasteiger partial charge in [0.1, 0.15) is 5.82 Å². The van der Waals surface area contributed by atoms with Gasteiger partial charge in [0.15, 0.2) is 5.65 Å². The van der Waals surface area contributed by atoms with E-state index < -0.39 is 0 Å². The summed E-state index contributed by atoms with van der Waals surface area (Å²) in [6.07, 6.45) is 7.71. The van der Waals surface area contributed by atoms with E-state index in [-0.39, 0.29) is 12.4 Å². The lowest BCUT2D eigenvalue weighted by molar-refractivity contribution is 0.352. The maximum Gasteiger partial charge on any atom is 0.224 e. The van der Waals surface area contributed by atoms with E-state index in [9.17, 15) is 0 Å². The first-order valence-electron chi connectivity index (χ1n) is 11.0. The van der Waals surface area contributed by atoms with Crippen molar-refractivity contribution in [2.45, 2.75) is 25.7 Å². The minimum absolute atomic E-state index is 0. The van der Waals surface area contributed by atoms with Gasteiger partial charge in [0.05, 0.1) is 16.8 Å². The average molecular weight is 485 g/mol. The van der Waals surface area contributed by atoms with Gasteiger partial charge in [-0.1, -0.05) is 23.7 Å². The first-order valence-corrected chi connectivity index (χ1v) is 11.4. The Morgan fingerprint density at radius 3 is 2.79 bits per heavy atom. The highest BCUT2D eigenvalue weighted by Crippen LogP contribution is 2.24. The fourth-order valence-corrected chi connectivity index (χ4v) is 4.24. The van der Waals surface area contributed by atoms with Crippen LogP contribution in [0.5, 0.6) is 0 Å². The molecule has 0 saturated carbocycles. The Balaban J connectivity index is 0.00000259. The number of aromatic nitrogens is 6. The summed E-state index contributed by atoms with van der Waals surface area (Å²) < 4.78 is 0. The molecule has 2 N–H and O–H groups in total. The van der Waals surface area contributed by atoms with Crippen LogP contribution in [0.2, 0.25) is 5.02 Å². The summed E-state index contributed by atoms with van der Waals surface area (Å²) in [6, 6.07) is 9.75. The molecular formula is C23H26Cl2N8. The van der Waals surface area contributed by atoms with Gasteiger partial charge in [0, 0.05) is 36.9 Å². The van der Waals surface area contributed by atoms with E-state index in [2.05, 4.69) is 41.4 Å². The first-order chi connectivity index (χ1) is 15.7. The van der Waals surface area contributed by atoms with E-state index >= 15 is 0 Å². The molecule has 8 nitrogen and oxygen atoms in total. The summed E-state index contributed by atoms with van der Waals surface area (Å²) in [5.74, 6) is 1.37. The third kappa shape index (κ3) is 5.76. The predicted molar refractivity (Wildman–Crippen MR) is 133 cm³/mol. The van der Waals surface area contributed by atoms with Crippen molar-refractivity contribution in [3.63, 3.8) is 0 Å². The number of benzene rings is 1. The zero-order valence-corrected chi connectivity index (χ0v) is 19.7. The Bertz CT molecular complexity index is 1210. The molecule has 5 rings (SSSR count). The molecule has 1 aliphatic rings. The number of hydrogen-bond acceptors (Lipinski definition) is 7. The van der Waals surface area contributed by atoms with Crippen molar-refractivity contribution in [1.29, 1.82) is 0 Å². The number of aryl methyl sites for hydroxylation is 2. The molecule has 33 heavy (non-hydrogen) atoms. The molecule has 0 bridgehead atoms. The van der Waals surface area contributed by atoms with E-state index in [0.717, 1.165) is 59.1 Å². The molecule has 0 atom stereocenters. The summed E-state index contributed by atoms with van der Waals surface area (Å²) in [5, 5.41) is 12.3. The highest BCUT2D eigenvalue weighted by atomic mass is 35.5. The Kier molecular flexibility index (Phi) is 7.69. The lowest BCUT2D eigenvalue weighted by Crippen LogP contribution is -2.26. The Morgan fingerprint density at radius 2 is 1.94 bits per heavy atom. The van der Waals surface area contributed by atoms with Crippen LogP contribution in [0.4, 0.5) is 5.95 Å². The van der Waals surface area contributed by atoms with Gasteiger partial charge < -0.3 is 10.2 Å². The van der Waals surface area contributed by atoms with Crippen molar-refractivity contribution in [3.8, 4) is 11.4 Å². The van der Waals surface area contributed by atoms with Gasteiger partial charge in [-0.15, -0.1) is 12.4 Å². The van der Waals surface area contributed by atoms with Crippen LogP contribution in [-0.2, 0) is 12.8 Å². The number of aromatic amines is 1. The van der Waals surface area contributed by atoms with Gasteiger partial charge in [-0.05, 0) is 56.1 Å². The fraction of sp³-hybridized carbons (Fsp3) is 0.348. The number of nitrogens with one attached hydrogen (secondary N) is 2. The molecule has 10 heteroatoms. The number of likely N-dealkylation sites (tertiary alicyclic amines) is 1. The molecule has 1 aliphatic heterocycles. The summed E-state index contributed by atoms with van der Waals surface area (Å²) in [4.78, 5) is 20.6. The molecule has 1 aromatic carbocycles. The largest absolute Gasteiger partial charge is 0.353 e. The molecule has 0 aliphatic carbocycles. The maximum atomic E-state index is 6.08. The lowest BCUT2D eigenvalue weighted by atomic mass is 10.1. The Morgan fingerprint density at radius 1 is 1.06 bits per heavy atom. The number of fused-ring (bicyclic) bond motifs is 1. The van der Waals surface area contributed by atoms with Crippen molar-refractivity contribution in [2.75, 3.05) is 31.5 Å². The minimum atomic E-state index is 0. The van der Waals surface area contributed by atoms with Crippen LogP contribution >= 0.6 is 24.0 Å². The summed E-state index contributed by atoms with van der Waals surface area (Å²) in [5.41, 5.74) is 3.37. The molecule has 0 amide bonds. The van der Waals surface area contributed by atoms with E-state index in [0.29, 0.717) is 11.6 Å². The second kappa shape index (κ2) is 10.9. The lowest BCUT2D eigenvalue weighted by Gasteiger charge is -2.14. The summed E-state index contributed by atoms with van der Waals surface area (Å²) >= 11 is 6.08.